The summed E-state index contributed by atoms with van der Waals surface area (Å²) in [6, 6.07) is 3.49. The molecular weight excluding hydrogens is 211 g/mol. The number of nitrogens with one attached hydrogen (secondary N) is 1. The molecule has 0 aliphatic carbocycles. The van der Waals surface area contributed by atoms with Crippen molar-refractivity contribution in [3.63, 3.8) is 0 Å². The number of carbonyl (C=O) groups excluding carboxylic acids is 1. The Morgan fingerprint density at radius 2 is 2.06 bits per heavy atom. The molecule has 1 aromatic carbocycles. The predicted octanol–water partition coefficient (Wildman–Crippen LogP) is 0.577. The van der Waals surface area contributed by atoms with Crippen LogP contribution >= 0.6 is 0 Å². The molecule has 1 aromatic rings. The minimum atomic E-state index is -0.596. The molecule has 2 N–H and O–H groups in total. The summed E-state index contributed by atoms with van der Waals surface area (Å²) in [4.78, 5) is 13.5. The lowest BCUT2D eigenvalue weighted by Crippen LogP contribution is -2.46. The molecular formula is C11H13FN2O2. The van der Waals surface area contributed by atoms with E-state index in [1.54, 1.807) is 4.90 Å². The smallest absolute Gasteiger partial charge is 0.257 e. The highest BCUT2D eigenvalue weighted by atomic mass is 19.1. The second-order valence-electron chi connectivity index (χ2n) is 3.71. The number of benzene rings is 1. The van der Waals surface area contributed by atoms with Crippen LogP contribution in [0.2, 0.25) is 0 Å². The van der Waals surface area contributed by atoms with Gasteiger partial charge in [-0.05, 0) is 18.2 Å². The lowest BCUT2D eigenvalue weighted by atomic mass is 10.1. The zero-order valence-electron chi connectivity index (χ0n) is 8.74. The van der Waals surface area contributed by atoms with Gasteiger partial charge in [-0.15, -0.1) is 0 Å². The highest BCUT2D eigenvalue weighted by Crippen LogP contribution is 2.17. The van der Waals surface area contributed by atoms with Gasteiger partial charge in [-0.2, -0.15) is 0 Å². The van der Waals surface area contributed by atoms with Crippen LogP contribution in [-0.4, -0.2) is 42.1 Å². The van der Waals surface area contributed by atoms with Crippen molar-refractivity contribution in [3.8, 4) is 5.75 Å². The van der Waals surface area contributed by atoms with Crippen LogP contribution in [-0.2, 0) is 0 Å². The second-order valence-corrected chi connectivity index (χ2v) is 3.71. The van der Waals surface area contributed by atoms with Crippen molar-refractivity contribution in [1.29, 1.82) is 0 Å². The van der Waals surface area contributed by atoms with Gasteiger partial charge in [0, 0.05) is 26.2 Å². The van der Waals surface area contributed by atoms with Gasteiger partial charge in [0.2, 0.25) is 0 Å². The van der Waals surface area contributed by atoms with Crippen molar-refractivity contribution in [3.05, 3.63) is 29.6 Å². The predicted molar refractivity (Wildman–Crippen MR) is 56.8 cm³/mol. The van der Waals surface area contributed by atoms with Gasteiger partial charge >= 0.3 is 0 Å². The summed E-state index contributed by atoms with van der Waals surface area (Å²) in [5.74, 6) is -1.06. The first-order valence-corrected chi connectivity index (χ1v) is 5.17. The normalized spacial score (nSPS) is 16.2. The maximum absolute atomic E-state index is 13.4. The molecule has 1 fully saturated rings. The van der Waals surface area contributed by atoms with E-state index in [9.17, 15) is 14.3 Å². The number of amides is 1. The summed E-state index contributed by atoms with van der Waals surface area (Å²) in [6.07, 6.45) is 0. The molecule has 1 aliphatic heterocycles. The van der Waals surface area contributed by atoms with Gasteiger partial charge < -0.3 is 15.3 Å². The molecule has 1 amide bonds. The Labute approximate surface area is 92.7 Å². The number of hydrogen-bond donors (Lipinski definition) is 2. The number of phenols is 1. The Kier molecular flexibility index (Phi) is 3.05. The van der Waals surface area contributed by atoms with Gasteiger partial charge in [0.25, 0.3) is 5.91 Å². The van der Waals surface area contributed by atoms with Crippen molar-refractivity contribution in [2.45, 2.75) is 0 Å². The molecule has 0 saturated carbocycles. The van der Waals surface area contributed by atoms with Crippen molar-refractivity contribution in [2.75, 3.05) is 26.2 Å². The van der Waals surface area contributed by atoms with Crippen LogP contribution in [0, 0.1) is 5.82 Å². The molecule has 16 heavy (non-hydrogen) atoms. The van der Waals surface area contributed by atoms with Crippen LogP contribution in [0.1, 0.15) is 10.4 Å². The topological polar surface area (TPSA) is 52.6 Å². The molecule has 0 radical (unpaired) electrons. The van der Waals surface area contributed by atoms with Crippen LogP contribution in [0.25, 0.3) is 0 Å². The second kappa shape index (κ2) is 4.49. The third kappa shape index (κ3) is 2.14. The van der Waals surface area contributed by atoms with E-state index in [0.29, 0.717) is 26.2 Å². The third-order valence-electron chi connectivity index (χ3n) is 2.58. The Bertz CT molecular complexity index is 403. The first-order chi connectivity index (χ1) is 7.68. The molecule has 86 valence electrons. The van der Waals surface area contributed by atoms with Gasteiger partial charge in [0.15, 0.2) is 0 Å². The SMILES string of the molecule is O=C(c1cc(O)ccc1F)N1CCNCC1. The van der Waals surface area contributed by atoms with E-state index in [4.69, 9.17) is 0 Å². The molecule has 1 saturated heterocycles. The molecule has 2 rings (SSSR count). The van der Waals surface area contributed by atoms with Gasteiger partial charge in [-0.1, -0.05) is 0 Å². The van der Waals surface area contributed by atoms with Crippen molar-refractivity contribution >= 4 is 5.91 Å². The molecule has 1 aliphatic rings. The molecule has 0 aromatic heterocycles. The molecule has 5 heteroatoms. The fourth-order valence-electron chi connectivity index (χ4n) is 1.72. The Morgan fingerprint density at radius 1 is 1.38 bits per heavy atom. The Balaban J connectivity index is 2.22. The van der Waals surface area contributed by atoms with Gasteiger partial charge in [0.05, 0.1) is 5.56 Å². The van der Waals surface area contributed by atoms with Gasteiger partial charge in [0.1, 0.15) is 11.6 Å². The average molecular weight is 224 g/mol. The fourth-order valence-corrected chi connectivity index (χ4v) is 1.72. The average Bonchev–Trinajstić information content (AvgIpc) is 2.32. The quantitative estimate of drug-likeness (QED) is 0.733. The van der Waals surface area contributed by atoms with Crippen LogP contribution in [0.3, 0.4) is 0 Å². The highest BCUT2D eigenvalue weighted by Gasteiger charge is 2.21. The number of piperazine rings is 1. The van der Waals surface area contributed by atoms with Crippen LogP contribution < -0.4 is 5.32 Å². The maximum Gasteiger partial charge on any atom is 0.257 e. The van der Waals surface area contributed by atoms with E-state index in [2.05, 4.69) is 5.32 Å². The molecule has 0 bridgehead atoms. The molecule has 1 heterocycles. The van der Waals surface area contributed by atoms with E-state index in [-0.39, 0.29) is 17.2 Å². The van der Waals surface area contributed by atoms with Crippen molar-refractivity contribution < 1.29 is 14.3 Å². The summed E-state index contributed by atoms with van der Waals surface area (Å²) in [5.41, 5.74) is -0.0677. The van der Waals surface area contributed by atoms with Crippen LogP contribution in [0.4, 0.5) is 4.39 Å². The lowest BCUT2D eigenvalue weighted by molar-refractivity contribution is 0.0730. The fraction of sp³-hybridized carbons (Fsp3) is 0.364. The zero-order valence-corrected chi connectivity index (χ0v) is 8.74. The molecule has 0 unspecified atom stereocenters. The summed E-state index contributed by atoms with van der Waals surface area (Å²) < 4.78 is 13.4. The lowest BCUT2D eigenvalue weighted by Gasteiger charge is -2.27. The highest BCUT2D eigenvalue weighted by molar-refractivity contribution is 5.95. The Morgan fingerprint density at radius 3 is 2.75 bits per heavy atom. The number of carbonyl (C=O) groups is 1. The summed E-state index contributed by atoms with van der Waals surface area (Å²) in [5, 5.41) is 12.3. The van der Waals surface area contributed by atoms with E-state index in [1.165, 1.54) is 12.1 Å². The summed E-state index contributed by atoms with van der Waals surface area (Å²) >= 11 is 0. The van der Waals surface area contributed by atoms with Crippen molar-refractivity contribution in [2.24, 2.45) is 0 Å². The standard InChI is InChI=1S/C11H13FN2O2/c12-10-2-1-8(15)7-9(10)11(16)14-5-3-13-4-6-14/h1-2,7,13,15H,3-6H2. The van der Waals surface area contributed by atoms with Crippen LogP contribution in [0.15, 0.2) is 18.2 Å². The van der Waals surface area contributed by atoms with Gasteiger partial charge in [-0.25, -0.2) is 4.39 Å². The monoisotopic (exact) mass is 224 g/mol. The first-order valence-electron chi connectivity index (χ1n) is 5.17. The van der Waals surface area contributed by atoms with Crippen LogP contribution in [0.5, 0.6) is 5.75 Å². The van der Waals surface area contributed by atoms with E-state index >= 15 is 0 Å². The number of nitrogens with zero attached hydrogens (tertiary/aromatic N) is 1. The number of phenolic OH excluding ortho intramolecular Hbond substituents is 1. The number of halogens is 1. The minimum Gasteiger partial charge on any atom is -0.508 e. The first kappa shape index (κ1) is 10.9. The maximum atomic E-state index is 13.4. The van der Waals surface area contributed by atoms with Crippen molar-refractivity contribution in [1.82, 2.24) is 10.2 Å². The minimum absolute atomic E-state index is 0.0677. The number of aromatic hydroxyl groups is 1. The number of hydrogen-bond acceptors (Lipinski definition) is 3. The molecule has 4 nitrogen and oxygen atoms in total. The summed E-state index contributed by atoms with van der Waals surface area (Å²) in [7, 11) is 0. The molecule has 0 spiro atoms. The Hall–Kier alpha value is -1.62. The van der Waals surface area contributed by atoms with E-state index in [0.717, 1.165) is 6.07 Å². The zero-order chi connectivity index (χ0) is 11.5. The molecule has 0 atom stereocenters. The number of rotatable bonds is 1. The van der Waals surface area contributed by atoms with E-state index < -0.39 is 5.82 Å². The third-order valence-corrected chi connectivity index (χ3v) is 2.58. The van der Waals surface area contributed by atoms with E-state index in [1.807, 2.05) is 0 Å². The largest absolute Gasteiger partial charge is 0.508 e. The summed E-state index contributed by atoms with van der Waals surface area (Å²) in [6.45, 7) is 2.56. The van der Waals surface area contributed by atoms with Gasteiger partial charge in [-0.3, -0.25) is 4.79 Å².